The molecule has 0 spiro atoms. The van der Waals surface area contributed by atoms with Crippen LogP contribution in [-0.2, 0) is 22.6 Å². The van der Waals surface area contributed by atoms with E-state index in [1.165, 1.54) is 6.07 Å². The summed E-state index contributed by atoms with van der Waals surface area (Å²) in [6.45, 7) is 7.58. The summed E-state index contributed by atoms with van der Waals surface area (Å²) in [5.74, 6) is -0.570. The molecule has 2 aliphatic heterocycles. The molecule has 4 aromatic rings. The molecule has 9 nitrogen and oxygen atoms in total. The summed E-state index contributed by atoms with van der Waals surface area (Å²) in [7, 11) is 0. The molecule has 2 aliphatic rings. The van der Waals surface area contributed by atoms with Crippen LogP contribution in [0.4, 0.5) is 5.69 Å². The Morgan fingerprint density at radius 3 is 2.36 bits per heavy atom. The first-order valence-electron chi connectivity index (χ1n) is 16.2. The molecule has 3 amide bonds. The molecule has 3 heterocycles. The second kappa shape index (κ2) is 14.0. The number of hydrogen-bond donors (Lipinski definition) is 1. The average molecular weight is 655 g/mol. The van der Waals surface area contributed by atoms with E-state index in [1.54, 1.807) is 29.2 Å². The lowest BCUT2D eigenvalue weighted by Gasteiger charge is -2.38. The first-order valence-corrected chi connectivity index (χ1v) is 16.6. The standard InChI is InChI=1S/C37H39ClN4O5/c1-24(2)26-11-14-33-29(21-26)32(43)22-34(47-33)36(45)39-30(20-25-9-12-28(38)13-10-25)37(46)41-18-16-40(17-19-41)31-7-4-3-6-27(31)23-42-15-5-8-35(42)44/h3-4,6-7,9-14,21-22,24,30H,5,8,15-20,23H2,1-2H3,(H,39,45)/t30-/m0/s1. The number of piperazine rings is 1. The van der Waals surface area contributed by atoms with Crippen LogP contribution in [0.5, 0.6) is 0 Å². The minimum Gasteiger partial charge on any atom is -0.451 e. The monoisotopic (exact) mass is 654 g/mol. The molecular weight excluding hydrogens is 616 g/mol. The Morgan fingerprint density at radius 1 is 0.915 bits per heavy atom. The van der Waals surface area contributed by atoms with Crippen molar-refractivity contribution >= 4 is 46.0 Å². The smallest absolute Gasteiger partial charge is 0.287 e. The third-order valence-corrected chi connectivity index (χ3v) is 9.31. The number of fused-ring (bicyclic) bond motifs is 1. The lowest BCUT2D eigenvalue weighted by Crippen LogP contribution is -2.55. The largest absolute Gasteiger partial charge is 0.451 e. The van der Waals surface area contributed by atoms with Crippen molar-refractivity contribution in [3.63, 3.8) is 0 Å². The van der Waals surface area contributed by atoms with E-state index in [-0.39, 0.29) is 35.3 Å². The van der Waals surface area contributed by atoms with Crippen LogP contribution in [0, 0.1) is 0 Å². The van der Waals surface area contributed by atoms with Crippen molar-refractivity contribution in [2.24, 2.45) is 0 Å². The van der Waals surface area contributed by atoms with Gasteiger partial charge in [-0.15, -0.1) is 0 Å². The highest BCUT2D eigenvalue weighted by Gasteiger charge is 2.31. The second-order valence-electron chi connectivity index (χ2n) is 12.6. The molecule has 0 saturated carbocycles. The zero-order valence-corrected chi connectivity index (χ0v) is 27.5. The summed E-state index contributed by atoms with van der Waals surface area (Å²) >= 11 is 6.11. The van der Waals surface area contributed by atoms with Gasteiger partial charge in [0.15, 0.2) is 11.2 Å². The normalized spacial score (nSPS) is 15.8. The fraction of sp³-hybridized carbons (Fsp3) is 0.351. The van der Waals surface area contributed by atoms with Crippen LogP contribution >= 0.6 is 11.6 Å². The van der Waals surface area contributed by atoms with Gasteiger partial charge in [-0.05, 0) is 59.4 Å². The molecule has 3 aromatic carbocycles. The molecule has 0 unspecified atom stereocenters. The van der Waals surface area contributed by atoms with Crippen LogP contribution in [-0.4, -0.2) is 66.3 Å². The van der Waals surface area contributed by atoms with Crippen LogP contribution in [0.1, 0.15) is 59.9 Å². The highest BCUT2D eigenvalue weighted by molar-refractivity contribution is 6.30. The summed E-state index contributed by atoms with van der Waals surface area (Å²) in [5.41, 5.74) is 3.99. The fourth-order valence-electron chi connectivity index (χ4n) is 6.35. The van der Waals surface area contributed by atoms with Crippen molar-refractivity contribution in [1.29, 1.82) is 0 Å². The molecular formula is C37H39ClN4O5. The zero-order valence-electron chi connectivity index (χ0n) is 26.7. The van der Waals surface area contributed by atoms with E-state index in [0.717, 1.165) is 35.3 Å². The molecule has 1 aromatic heterocycles. The lowest BCUT2D eigenvalue weighted by molar-refractivity contribution is -0.133. The number of halogens is 1. The van der Waals surface area contributed by atoms with Gasteiger partial charge in [0, 0.05) is 68.9 Å². The van der Waals surface area contributed by atoms with E-state index in [0.29, 0.717) is 55.1 Å². The zero-order chi connectivity index (χ0) is 33.1. The minimum atomic E-state index is -0.895. The maximum atomic E-state index is 14.0. The Hall–Kier alpha value is -4.63. The molecule has 6 rings (SSSR count). The summed E-state index contributed by atoms with van der Waals surface area (Å²) in [6.07, 6.45) is 1.73. The second-order valence-corrected chi connectivity index (χ2v) is 13.0. The molecule has 0 aliphatic carbocycles. The quantitative estimate of drug-likeness (QED) is 0.260. The number of hydrogen-bond acceptors (Lipinski definition) is 6. The number of likely N-dealkylation sites (tertiary alicyclic amines) is 1. The summed E-state index contributed by atoms with van der Waals surface area (Å²) in [5, 5.41) is 3.85. The summed E-state index contributed by atoms with van der Waals surface area (Å²) in [6, 6.07) is 21.0. The van der Waals surface area contributed by atoms with Gasteiger partial charge < -0.3 is 24.4 Å². The van der Waals surface area contributed by atoms with E-state index in [4.69, 9.17) is 16.0 Å². The van der Waals surface area contributed by atoms with Gasteiger partial charge in [-0.1, -0.05) is 61.8 Å². The number of nitrogens with zero attached hydrogens (tertiary/aromatic N) is 3. The van der Waals surface area contributed by atoms with Gasteiger partial charge in [-0.3, -0.25) is 19.2 Å². The summed E-state index contributed by atoms with van der Waals surface area (Å²) in [4.78, 5) is 58.8. The van der Waals surface area contributed by atoms with Gasteiger partial charge in [0.05, 0.1) is 5.39 Å². The van der Waals surface area contributed by atoms with Crippen molar-refractivity contribution in [3.8, 4) is 0 Å². The molecule has 1 atom stereocenters. The summed E-state index contributed by atoms with van der Waals surface area (Å²) < 4.78 is 5.87. The molecule has 10 heteroatoms. The number of nitrogens with one attached hydrogen (secondary N) is 1. The van der Waals surface area contributed by atoms with E-state index in [2.05, 4.69) is 22.3 Å². The maximum Gasteiger partial charge on any atom is 0.287 e. The van der Waals surface area contributed by atoms with Crippen molar-refractivity contribution in [1.82, 2.24) is 15.1 Å². The Labute approximate surface area is 279 Å². The van der Waals surface area contributed by atoms with Gasteiger partial charge in [0.2, 0.25) is 11.8 Å². The molecule has 0 radical (unpaired) electrons. The average Bonchev–Trinajstić information content (AvgIpc) is 3.48. The van der Waals surface area contributed by atoms with E-state index in [1.807, 2.05) is 49.1 Å². The van der Waals surface area contributed by atoms with Gasteiger partial charge in [-0.2, -0.15) is 0 Å². The number of amides is 3. The molecule has 0 bridgehead atoms. The number of benzene rings is 3. The maximum absolute atomic E-state index is 14.0. The predicted molar refractivity (Wildman–Crippen MR) is 183 cm³/mol. The Bertz CT molecular complexity index is 1850. The SMILES string of the molecule is CC(C)c1ccc2oc(C(=O)N[C@@H](Cc3ccc(Cl)cc3)C(=O)N3CCN(c4ccccc4CN4CCCC4=O)CC3)cc(=O)c2c1. The number of carbonyl (C=O) groups is 3. The first kappa shape index (κ1) is 32.3. The fourth-order valence-corrected chi connectivity index (χ4v) is 6.47. The van der Waals surface area contributed by atoms with Gasteiger partial charge in [0.1, 0.15) is 11.6 Å². The first-order chi connectivity index (χ1) is 22.7. The van der Waals surface area contributed by atoms with Crippen molar-refractivity contribution in [3.05, 3.63) is 110 Å². The van der Waals surface area contributed by atoms with Gasteiger partial charge >= 0.3 is 0 Å². The molecule has 244 valence electrons. The minimum absolute atomic E-state index is 0.147. The van der Waals surface area contributed by atoms with Crippen LogP contribution in [0.2, 0.25) is 5.02 Å². The molecule has 1 N–H and O–H groups in total. The number of para-hydroxylation sites is 1. The van der Waals surface area contributed by atoms with Crippen molar-refractivity contribution < 1.29 is 18.8 Å². The van der Waals surface area contributed by atoms with Crippen LogP contribution < -0.4 is 15.6 Å². The van der Waals surface area contributed by atoms with Crippen LogP contribution in [0.15, 0.2) is 82.0 Å². The Morgan fingerprint density at radius 2 is 1.66 bits per heavy atom. The van der Waals surface area contributed by atoms with E-state index >= 15 is 0 Å². The van der Waals surface area contributed by atoms with Crippen LogP contribution in [0.25, 0.3) is 11.0 Å². The van der Waals surface area contributed by atoms with Crippen molar-refractivity contribution in [2.45, 2.75) is 51.6 Å². The topological polar surface area (TPSA) is 103 Å². The third kappa shape index (κ3) is 7.36. The number of carbonyl (C=O) groups excluding carboxylic acids is 3. The Kier molecular flexibility index (Phi) is 9.63. The lowest BCUT2D eigenvalue weighted by atomic mass is 10.0. The number of rotatable bonds is 9. The number of anilines is 1. The van der Waals surface area contributed by atoms with E-state index in [9.17, 15) is 19.2 Å². The molecule has 47 heavy (non-hydrogen) atoms. The van der Waals surface area contributed by atoms with Crippen LogP contribution in [0.3, 0.4) is 0 Å². The highest BCUT2D eigenvalue weighted by Crippen LogP contribution is 2.26. The van der Waals surface area contributed by atoms with Gasteiger partial charge in [-0.25, -0.2) is 0 Å². The predicted octanol–water partition coefficient (Wildman–Crippen LogP) is 5.38. The van der Waals surface area contributed by atoms with Gasteiger partial charge in [0.25, 0.3) is 5.91 Å². The Balaban J connectivity index is 1.18. The van der Waals surface area contributed by atoms with Crippen molar-refractivity contribution in [2.75, 3.05) is 37.6 Å². The highest BCUT2D eigenvalue weighted by atomic mass is 35.5. The molecule has 2 saturated heterocycles. The van der Waals surface area contributed by atoms with E-state index < -0.39 is 11.9 Å². The molecule has 2 fully saturated rings. The third-order valence-electron chi connectivity index (χ3n) is 9.05.